The van der Waals surface area contributed by atoms with E-state index in [1.54, 1.807) is 6.92 Å². The smallest absolute Gasteiger partial charge is 0.305 e. The molecule has 1 unspecified atom stereocenters. The lowest BCUT2D eigenvalue weighted by molar-refractivity contribution is -0.180. The van der Waals surface area contributed by atoms with Crippen LogP contribution >= 0.6 is 0 Å². The number of hydrogen-bond acceptors (Lipinski definition) is 3. The molecule has 0 aromatic heterocycles. The lowest BCUT2D eigenvalue weighted by Crippen LogP contribution is -2.25. The molecule has 0 aromatic rings. The van der Waals surface area contributed by atoms with Crippen LogP contribution < -0.4 is 0 Å². The van der Waals surface area contributed by atoms with Crippen LogP contribution in [0.15, 0.2) is 0 Å². The maximum absolute atomic E-state index is 13.4. The normalized spacial score (nSPS) is 39.1. The van der Waals surface area contributed by atoms with E-state index in [1.165, 1.54) is 6.92 Å². The first kappa shape index (κ1) is 10.4. The standard InChI is InChI=1S/C9H15FO3/c1-4-7-5(2)8(10)9(13-7)12-6(3)11/h5,7-9H,4H2,1-3H3/t5-,7+,8?,9+/m0/s1. The number of rotatable bonds is 2. The van der Waals surface area contributed by atoms with E-state index in [1.807, 2.05) is 6.92 Å². The Bertz CT molecular complexity index is 195. The minimum absolute atomic E-state index is 0.139. The number of halogens is 1. The van der Waals surface area contributed by atoms with Gasteiger partial charge in [0.15, 0.2) is 6.17 Å². The number of carbonyl (C=O) groups is 1. The molecule has 0 aliphatic carbocycles. The number of carbonyl (C=O) groups excluding carboxylic acids is 1. The zero-order chi connectivity index (χ0) is 10.0. The molecular weight excluding hydrogens is 175 g/mol. The fraction of sp³-hybridized carbons (Fsp3) is 0.889. The Kier molecular flexibility index (Phi) is 3.25. The van der Waals surface area contributed by atoms with Gasteiger partial charge < -0.3 is 9.47 Å². The van der Waals surface area contributed by atoms with Crippen molar-refractivity contribution in [3.63, 3.8) is 0 Å². The summed E-state index contributed by atoms with van der Waals surface area (Å²) in [5, 5.41) is 0. The Balaban J connectivity index is 2.55. The molecule has 1 aliphatic rings. The first-order valence-electron chi connectivity index (χ1n) is 4.53. The van der Waals surface area contributed by atoms with Crippen molar-refractivity contribution in [2.45, 2.75) is 45.8 Å². The van der Waals surface area contributed by atoms with Crippen molar-refractivity contribution in [3.05, 3.63) is 0 Å². The first-order valence-corrected chi connectivity index (χ1v) is 4.53. The monoisotopic (exact) mass is 190 g/mol. The zero-order valence-electron chi connectivity index (χ0n) is 8.12. The molecule has 76 valence electrons. The molecule has 1 aliphatic heterocycles. The van der Waals surface area contributed by atoms with Crippen LogP contribution in [0.5, 0.6) is 0 Å². The topological polar surface area (TPSA) is 35.5 Å². The van der Waals surface area contributed by atoms with E-state index < -0.39 is 18.4 Å². The van der Waals surface area contributed by atoms with E-state index in [-0.39, 0.29) is 12.0 Å². The van der Waals surface area contributed by atoms with Gasteiger partial charge in [0, 0.05) is 12.8 Å². The second-order valence-corrected chi connectivity index (χ2v) is 3.36. The third-order valence-corrected chi connectivity index (χ3v) is 2.34. The lowest BCUT2D eigenvalue weighted by atomic mass is 10.0. The van der Waals surface area contributed by atoms with Crippen LogP contribution in [-0.2, 0) is 14.3 Å². The molecule has 0 N–H and O–H groups in total. The Morgan fingerprint density at radius 1 is 1.62 bits per heavy atom. The maximum Gasteiger partial charge on any atom is 0.305 e. The van der Waals surface area contributed by atoms with Gasteiger partial charge in [0.1, 0.15) is 0 Å². The van der Waals surface area contributed by atoms with Crippen molar-refractivity contribution in [2.24, 2.45) is 5.92 Å². The quantitative estimate of drug-likeness (QED) is 0.621. The third-order valence-electron chi connectivity index (χ3n) is 2.34. The average molecular weight is 190 g/mol. The van der Waals surface area contributed by atoms with Gasteiger partial charge in [0.05, 0.1) is 6.10 Å². The van der Waals surface area contributed by atoms with Crippen LogP contribution in [0.3, 0.4) is 0 Å². The summed E-state index contributed by atoms with van der Waals surface area (Å²) >= 11 is 0. The molecule has 1 heterocycles. The summed E-state index contributed by atoms with van der Waals surface area (Å²) in [6, 6.07) is 0. The van der Waals surface area contributed by atoms with Crippen molar-refractivity contribution in [2.75, 3.05) is 0 Å². The number of esters is 1. The maximum atomic E-state index is 13.4. The van der Waals surface area contributed by atoms with Crippen molar-refractivity contribution in [3.8, 4) is 0 Å². The molecule has 4 heteroatoms. The Labute approximate surface area is 77.2 Å². The molecule has 0 aromatic carbocycles. The summed E-state index contributed by atoms with van der Waals surface area (Å²) in [7, 11) is 0. The first-order chi connectivity index (χ1) is 6.06. The van der Waals surface area contributed by atoms with Crippen LogP contribution in [-0.4, -0.2) is 24.5 Å². The summed E-state index contributed by atoms with van der Waals surface area (Å²) in [6.45, 7) is 4.94. The molecule has 0 spiro atoms. The van der Waals surface area contributed by atoms with E-state index in [2.05, 4.69) is 4.74 Å². The second-order valence-electron chi connectivity index (χ2n) is 3.36. The predicted octanol–water partition coefficient (Wildman–Crippen LogP) is 1.66. The summed E-state index contributed by atoms with van der Waals surface area (Å²) in [4.78, 5) is 10.6. The number of hydrogen-bond donors (Lipinski definition) is 0. The zero-order valence-corrected chi connectivity index (χ0v) is 8.12. The summed E-state index contributed by atoms with van der Waals surface area (Å²) in [5.74, 6) is -0.703. The Morgan fingerprint density at radius 3 is 2.62 bits per heavy atom. The highest BCUT2D eigenvalue weighted by molar-refractivity contribution is 5.66. The summed E-state index contributed by atoms with van der Waals surface area (Å²) in [6.07, 6.45) is -1.61. The van der Waals surface area contributed by atoms with E-state index >= 15 is 0 Å². The van der Waals surface area contributed by atoms with Crippen LogP contribution in [0, 0.1) is 5.92 Å². The van der Waals surface area contributed by atoms with Crippen molar-refractivity contribution >= 4 is 5.97 Å². The van der Waals surface area contributed by atoms with E-state index in [0.717, 1.165) is 6.42 Å². The van der Waals surface area contributed by atoms with Gasteiger partial charge >= 0.3 is 5.97 Å². The van der Waals surface area contributed by atoms with Gasteiger partial charge in [-0.05, 0) is 6.42 Å². The van der Waals surface area contributed by atoms with Crippen molar-refractivity contribution in [1.29, 1.82) is 0 Å². The molecule has 3 nitrogen and oxygen atoms in total. The average Bonchev–Trinajstić information content (AvgIpc) is 2.32. The molecule has 1 fully saturated rings. The van der Waals surface area contributed by atoms with E-state index in [9.17, 15) is 9.18 Å². The highest BCUT2D eigenvalue weighted by Crippen LogP contribution is 2.31. The molecule has 0 bridgehead atoms. The van der Waals surface area contributed by atoms with Gasteiger partial charge in [-0.15, -0.1) is 0 Å². The highest BCUT2D eigenvalue weighted by atomic mass is 19.1. The largest absolute Gasteiger partial charge is 0.433 e. The molecule has 0 saturated carbocycles. The van der Waals surface area contributed by atoms with Crippen LogP contribution in [0.25, 0.3) is 0 Å². The number of alkyl halides is 1. The summed E-state index contributed by atoms with van der Waals surface area (Å²) in [5.41, 5.74) is 0. The highest BCUT2D eigenvalue weighted by Gasteiger charge is 2.43. The van der Waals surface area contributed by atoms with Gasteiger partial charge in [0.25, 0.3) is 0 Å². The lowest BCUT2D eigenvalue weighted by Gasteiger charge is -2.12. The second kappa shape index (κ2) is 4.05. The van der Waals surface area contributed by atoms with Crippen molar-refractivity contribution < 1.29 is 18.7 Å². The number of ether oxygens (including phenoxy) is 2. The van der Waals surface area contributed by atoms with Crippen LogP contribution in [0.1, 0.15) is 27.2 Å². The molecule has 0 amide bonds. The van der Waals surface area contributed by atoms with Gasteiger partial charge in [-0.3, -0.25) is 4.79 Å². The van der Waals surface area contributed by atoms with Gasteiger partial charge in [-0.1, -0.05) is 13.8 Å². The SMILES string of the molecule is CC[C@H]1O[C@@H](OC(C)=O)C(F)[C@H]1C. The van der Waals surface area contributed by atoms with Crippen LogP contribution in [0.2, 0.25) is 0 Å². The van der Waals surface area contributed by atoms with Crippen LogP contribution in [0.4, 0.5) is 4.39 Å². The van der Waals surface area contributed by atoms with E-state index in [0.29, 0.717) is 0 Å². The molecule has 0 radical (unpaired) electrons. The summed E-state index contributed by atoms with van der Waals surface area (Å²) < 4.78 is 23.3. The fourth-order valence-electron chi connectivity index (χ4n) is 1.55. The van der Waals surface area contributed by atoms with Gasteiger partial charge in [-0.2, -0.15) is 0 Å². The predicted molar refractivity (Wildman–Crippen MR) is 44.8 cm³/mol. The van der Waals surface area contributed by atoms with E-state index in [4.69, 9.17) is 4.74 Å². The molecule has 1 rings (SSSR count). The molecule has 13 heavy (non-hydrogen) atoms. The van der Waals surface area contributed by atoms with Gasteiger partial charge in [0.2, 0.25) is 6.29 Å². The van der Waals surface area contributed by atoms with Crippen molar-refractivity contribution in [1.82, 2.24) is 0 Å². The minimum Gasteiger partial charge on any atom is -0.433 e. The molecule has 1 saturated heterocycles. The molecule has 4 atom stereocenters. The Hall–Kier alpha value is -0.640. The fourth-order valence-corrected chi connectivity index (χ4v) is 1.55. The third kappa shape index (κ3) is 2.18. The minimum atomic E-state index is -1.20. The molecular formula is C9H15FO3. The van der Waals surface area contributed by atoms with Gasteiger partial charge in [-0.25, -0.2) is 4.39 Å². The Morgan fingerprint density at radius 2 is 2.23 bits per heavy atom.